The van der Waals surface area contributed by atoms with Gasteiger partial charge < -0.3 is 14.4 Å². The number of ether oxygens (including phenoxy) is 2. The van der Waals surface area contributed by atoms with Crippen molar-refractivity contribution in [2.45, 2.75) is 45.4 Å². The van der Waals surface area contributed by atoms with Crippen molar-refractivity contribution in [3.05, 3.63) is 101 Å². The van der Waals surface area contributed by atoms with E-state index in [1.807, 2.05) is 17.9 Å². The van der Waals surface area contributed by atoms with E-state index in [1.54, 1.807) is 0 Å². The molecule has 0 spiro atoms. The molecule has 0 radical (unpaired) electrons. The van der Waals surface area contributed by atoms with Gasteiger partial charge in [-0.3, -0.25) is 9.69 Å². The van der Waals surface area contributed by atoms with Crippen LogP contribution in [-0.4, -0.2) is 54.7 Å². The number of benzene rings is 3. The molecule has 2 aliphatic heterocycles. The zero-order chi connectivity index (χ0) is 24.9. The summed E-state index contributed by atoms with van der Waals surface area (Å²) in [5.74, 6) is 0.819. The summed E-state index contributed by atoms with van der Waals surface area (Å²) in [6, 6.07) is 26.0. The molecule has 3 aromatic rings. The Bertz CT molecular complexity index is 1170. The Hall–Kier alpha value is -3.15. The fourth-order valence-corrected chi connectivity index (χ4v) is 5.42. The first-order chi connectivity index (χ1) is 17.6. The highest BCUT2D eigenvalue weighted by molar-refractivity contribution is 5.81. The van der Waals surface area contributed by atoms with Crippen LogP contribution in [-0.2, 0) is 22.5 Å². The van der Waals surface area contributed by atoms with Crippen LogP contribution >= 0.6 is 0 Å². The summed E-state index contributed by atoms with van der Waals surface area (Å²) in [7, 11) is 0. The second-order valence-corrected chi connectivity index (χ2v) is 9.84. The summed E-state index contributed by atoms with van der Waals surface area (Å²) in [5.41, 5.74) is 6.51. The molecular weight excluding hydrogens is 448 g/mol. The van der Waals surface area contributed by atoms with Crippen molar-refractivity contribution in [1.82, 2.24) is 9.80 Å². The SMILES string of the molecule is CCC(Oc1ccc2c(c1)C(c1ccccc1)N(Cc1cccc(C)c1)CC2)C(=O)N1CCOCC1. The molecule has 1 amide bonds. The number of hydrogen-bond donors (Lipinski definition) is 0. The number of rotatable bonds is 7. The predicted octanol–water partition coefficient (Wildman–Crippen LogP) is 5.16. The third-order valence-electron chi connectivity index (χ3n) is 7.28. The lowest BCUT2D eigenvalue weighted by atomic mass is 9.87. The maximum atomic E-state index is 13.1. The monoisotopic (exact) mass is 484 g/mol. The van der Waals surface area contributed by atoms with E-state index in [-0.39, 0.29) is 11.9 Å². The van der Waals surface area contributed by atoms with Crippen LogP contribution < -0.4 is 4.74 Å². The van der Waals surface area contributed by atoms with Gasteiger partial charge in [-0.2, -0.15) is 0 Å². The molecule has 3 aromatic carbocycles. The lowest BCUT2D eigenvalue weighted by Crippen LogP contribution is -2.47. The van der Waals surface area contributed by atoms with E-state index in [4.69, 9.17) is 9.47 Å². The van der Waals surface area contributed by atoms with E-state index in [2.05, 4.69) is 78.6 Å². The van der Waals surface area contributed by atoms with Gasteiger partial charge in [-0.15, -0.1) is 0 Å². The van der Waals surface area contributed by atoms with Crippen molar-refractivity contribution >= 4 is 5.91 Å². The highest BCUT2D eigenvalue weighted by Gasteiger charge is 2.31. The van der Waals surface area contributed by atoms with E-state index in [9.17, 15) is 4.79 Å². The highest BCUT2D eigenvalue weighted by atomic mass is 16.5. The van der Waals surface area contributed by atoms with Crippen molar-refractivity contribution in [3.63, 3.8) is 0 Å². The summed E-state index contributed by atoms with van der Waals surface area (Å²) < 4.78 is 11.8. The van der Waals surface area contributed by atoms with Crippen molar-refractivity contribution in [2.24, 2.45) is 0 Å². The quantitative estimate of drug-likeness (QED) is 0.465. The van der Waals surface area contributed by atoms with Crippen LogP contribution in [0.25, 0.3) is 0 Å². The van der Waals surface area contributed by atoms with Crippen LogP contribution in [0.4, 0.5) is 0 Å². The summed E-state index contributed by atoms with van der Waals surface area (Å²) in [5, 5.41) is 0. The smallest absolute Gasteiger partial charge is 0.263 e. The molecule has 0 saturated carbocycles. The molecule has 2 atom stereocenters. The molecule has 2 unspecified atom stereocenters. The molecule has 5 heteroatoms. The van der Waals surface area contributed by atoms with Crippen molar-refractivity contribution in [2.75, 3.05) is 32.8 Å². The number of carbonyl (C=O) groups excluding carboxylic acids is 1. The van der Waals surface area contributed by atoms with Crippen LogP contribution in [0.15, 0.2) is 72.8 Å². The molecule has 5 rings (SSSR count). The number of nitrogens with zero attached hydrogens (tertiary/aromatic N) is 2. The van der Waals surface area contributed by atoms with Gasteiger partial charge in [0.05, 0.1) is 19.3 Å². The van der Waals surface area contributed by atoms with Crippen LogP contribution in [0, 0.1) is 6.92 Å². The van der Waals surface area contributed by atoms with Gasteiger partial charge in [0.25, 0.3) is 5.91 Å². The Kier molecular flexibility index (Phi) is 7.69. The first-order valence-electron chi connectivity index (χ1n) is 13.1. The Morgan fingerprint density at radius 2 is 1.81 bits per heavy atom. The second-order valence-electron chi connectivity index (χ2n) is 9.84. The summed E-state index contributed by atoms with van der Waals surface area (Å²) in [6.07, 6.45) is 1.15. The van der Waals surface area contributed by atoms with Crippen LogP contribution in [0.3, 0.4) is 0 Å². The van der Waals surface area contributed by atoms with Gasteiger partial charge >= 0.3 is 0 Å². The molecule has 188 valence electrons. The lowest BCUT2D eigenvalue weighted by Gasteiger charge is -2.38. The standard InChI is InChI=1S/C31H36N2O3/c1-3-29(31(34)32-16-18-35-19-17-32)36-27-13-12-25-14-15-33(22-24-9-7-8-23(2)20-24)30(28(25)21-27)26-10-5-4-6-11-26/h4-13,20-21,29-30H,3,14-19,22H2,1-2H3. The average molecular weight is 485 g/mol. The predicted molar refractivity (Wildman–Crippen MR) is 142 cm³/mol. The fraction of sp³-hybridized carbons (Fsp3) is 0.387. The fourth-order valence-electron chi connectivity index (χ4n) is 5.42. The van der Waals surface area contributed by atoms with Crippen molar-refractivity contribution < 1.29 is 14.3 Å². The van der Waals surface area contributed by atoms with Gasteiger partial charge in [0.15, 0.2) is 6.10 Å². The van der Waals surface area contributed by atoms with Gasteiger partial charge in [0.2, 0.25) is 0 Å². The molecule has 0 aromatic heterocycles. The minimum absolute atomic E-state index is 0.0548. The van der Waals surface area contributed by atoms with Crippen LogP contribution in [0.1, 0.15) is 47.2 Å². The number of fused-ring (bicyclic) bond motifs is 1. The Morgan fingerprint density at radius 3 is 2.56 bits per heavy atom. The molecule has 5 nitrogen and oxygen atoms in total. The second kappa shape index (κ2) is 11.3. The van der Waals surface area contributed by atoms with E-state index in [0.717, 1.165) is 25.3 Å². The van der Waals surface area contributed by atoms with Crippen molar-refractivity contribution in [1.29, 1.82) is 0 Å². The van der Waals surface area contributed by atoms with Crippen molar-refractivity contribution in [3.8, 4) is 5.75 Å². The van der Waals surface area contributed by atoms with E-state index >= 15 is 0 Å². The van der Waals surface area contributed by atoms with Crippen LogP contribution in [0.2, 0.25) is 0 Å². The lowest BCUT2D eigenvalue weighted by molar-refractivity contribution is -0.142. The highest BCUT2D eigenvalue weighted by Crippen LogP contribution is 2.38. The Morgan fingerprint density at radius 1 is 1.00 bits per heavy atom. The molecule has 0 N–H and O–H groups in total. The Balaban J connectivity index is 1.43. The van der Waals surface area contributed by atoms with Gasteiger partial charge in [0, 0.05) is 26.2 Å². The first kappa shape index (κ1) is 24.5. The van der Waals surface area contributed by atoms with E-state index in [1.165, 1.54) is 27.8 Å². The van der Waals surface area contributed by atoms with Gasteiger partial charge in [-0.05, 0) is 54.2 Å². The molecular formula is C31H36N2O3. The third-order valence-corrected chi connectivity index (χ3v) is 7.28. The average Bonchev–Trinajstić information content (AvgIpc) is 2.92. The zero-order valence-corrected chi connectivity index (χ0v) is 21.4. The first-order valence-corrected chi connectivity index (χ1v) is 13.1. The van der Waals surface area contributed by atoms with Gasteiger partial charge in [-0.25, -0.2) is 0 Å². The number of aryl methyl sites for hydroxylation is 1. The molecule has 0 bridgehead atoms. The van der Waals surface area contributed by atoms with Gasteiger partial charge in [0.1, 0.15) is 5.75 Å². The van der Waals surface area contributed by atoms with E-state index in [0.29, 0.717) is 32.7 Å². The Labute approximate surface area is 214 Å². The third kappa shape index (κ3) is 5.48. The molecule has 36 heavy (non-hydrogen) atoms. The summed E-state index contributed by atoms with van der Waals surface area (Å²) >= 11 is 0. The van der Waals surface area contributed by atoms with E-state index < -0.39 is 6.10 Å². The molecule has 1 fully saturated rings. The summed E-state index contributed by atoms with van der Waals surface area (Å²) in [6.45, 7) is 8.49. The number of carbonyl (C=O) groups is 1. The number of hydrogen-bond acceptors (Lipinski definition) is 4. The van der Waals surface area contributed by atoms with Gasteiger partial charge in [-0.1, -0.05) is 73.2 Å². The maximum Gasteiger partial charge on any atom is 0.263 e. The molecule has 0 aliphatic carbocycles. The summed E-state index contributed by atoms with van der Waals surface area (Å²) in [4.78, 5) is 17.6. The molecule has 2 aliphatic rings. The number of amides is 1. The molecule has 1 saturated heterocycles. The normalized spacial score (nSPS) is 18.9. The van der Waals surface area contributed by atoms with Crippen LogP contribution in [0.5, 0.6) is 5.75 Å². The largest absolute Gasteiger partial charge is 0.481 e. The minimum Gasteiger partial charge on any atom is -0.481 e. The zero-order valence-electron chi connectivity index (χ0n) is 21.4. The topological polar surface area (TPSA) is 42.0 Å². The number of morpholine rings is 1. The molecule has 2 heterocycles. The maximum absolute atomic E-state index is 13.1. The minimum atomic E-state index is -0.483.